The average molecular weight is 486 g/mol. The van der Waals surface area contributed by atoms with Crippen molar-refractivity contribution in [1.29, 1.82) is 0 Å². The lowest BCUT2D eigenvalue weighted by Crippen LogP contribution is -2.37. The Balaban J connectivity index is 1.59. The second-order valence-electron chi connectivity index (χ2n) is 8.98. The van der Waals surface area contributed by atoms with Crippen LogP contribution in [0.1, 0.15) is 41.3 Å². The number of aliphatic hydroxyl groups excluding tert-OH is 1. The molecule has 1 amide bonds. The number of halogens is 2. The minimum atomic E-state index is -3.50. The summed E-state index contributed by atoms with van der Waals surface area (Å²) in [6.45, 7) is 1.74. The smallest absolute Gasteiger partial charge is 0.335 e. The molecule has 1 heterocycles. The number of ketones is 1. The van der Waals surface area contributed by atoms with Gasteiger partial charge in [-0.1, -0.05) is 61.5 Å². The van der Waals surface area contributed by atoms with Gasteiger partial charge in [0, 0.05) is 25.8 Å². The normalized spacial score (nSPS) is 19.1. The molecule has 0 bridgehead atoms. The number of carboxylic acid groups (broad SMARTS) is 1. The number of rotatable bonds is 11. The van der Waals surface area contributed by atoms with Crippen LogP contribution in [-0.4, -0.2) is 57.4 Å². The summed E-state index contributed by atoms with van der Waals surface area (Å²) >= 11 is 0. The van der Waals surface area contributed by atoms with Gasteiger partial charge in [0.15, 0.2) is 0 Å². The molecule has 0 radical (unpaired) electrons. The highest BCUT2D eigenvalue weighted by Gasteiger charge is 2.52. The maximum atomic E-state index is 14.2. The van der Waals surface area contributed by atoms with E-state index in [-0.39, 0.29) is 37.2 Å². The van der Waals surface area contributed by atoms with Crippen LogP contribution in [0.3, 0.4) is 0 Å². The standard InChI is InChI=1S/C27H29F2NO5/c1-18(15-23(31)16-20-5-3-2-4-6-20)24(32)12-11-22-17-27(28,29)26(35)30(22)14-13-19-7-9-21(10-8-19)25(33)34/h2-12,18,22,24,32H,13-17H2,1H3,(H,33,34)/b12-11+/t18-,22-,24+/m0/s1. The quantitative estimate of drug-likeness (QED) is 0.471. The van der Waals surface area contributed by atoms with Gasteiger partial charge in [-0.05, 0) is 35.6 Å². The van der Waals surface area contributed by atoms with Crippen LogP contribution < -0.4 is 0 Å². The van der Waals surface area contributed by atoms with Gasteiger partial charge in [-0.15, -0.1) is 0 Å². The highest BCUT2D eigenvalue weighted by Crippen LogP contribution is 2.34. The van der Waals surface area contributed by atoms with Crippen LogP contribution in [0.5, 0.6) is 0 Å². The van der Waals surface area contributed by atoms with Crippen molar-refractivity contribution < 1.29 is 33.4 Å². The third-order valence-corrected chi connectivity index (χ3v) is 6.19. The monoisotopic (exact) mass is 485 g/mol. The number of carbonyl (C=O) groups is 3. The summed E-state index contributed by atoms with van der Waals surface area (Å²) in [5.41, 5.74) is 1.71. The molecule has 2 aromatic rings. The fraction of sp³-hybridized carbons (Fsp3) is 0.370. The Morgan fingerprint density at radius 3 is 2.40 bits per heavy atom. The number of likely N-dealkylation sites (tertiary alicyclic amines) is 1. The van der Waals surface area contributed by atoms with Crippen molar-refractivity contribution in [2.45, 2.75) is 50.7 Å². The highest BCUT2D eigenvalue weighted by atomic mass is 19.3. The van der Waals surface area contributed by atoms with Crippen LogP contribution in [0.25, 0.3) is 0 Å². The third kappa shape index (κ3) is 7.05. The van der Waals surface area contributed by atoms with Crippen molar-refractivity contribution in [1.82, 2.24) is 4.90 Å². The summed E-state index contributed by atoms with van der Waals surface area (Å²) in [7, 11) is 0. The van der Waals surface area contributed by atoms with Crippen molar-refractivity contribution in [2.75, 3.05) is 6.54 Å². The van der Waals surface area contributed by atoms with Crippen molar-refractivity contribution in [2.24, 2.45) is 5.92 Å². The van der Waals surface area contributed by atoms with Crippen molar-refractivity contribution in [3.8, 4) is 0 Å². The highest BCUT2D eigenvalue weighted by molar-refractivity contribution is 5.87. The summed E-state index contributed by atoms with van der Waals surface area (Å²) in [6, 6.07) is 14.4. The van der Waals surface area contributed by atoms with Gasteiger partial charge in [0.1, 0.15) is 5.78 Å². The summed E-state index contributed by atoms with van der Waals surface area (Å²) < 4.78 is 28.3. The van der Waals surface area contributed by atoms with Gasteiger partial charge in [0.2, 0.25) is 0 Å². The number of hydrogen-bond acceptors (Lipinski definition) is 4. The zero-order valence-electron chi connectivity index (χ0n) is 19.4. The van der Waals surface area contributed by atoms with E-state index in [2.05, 4.69) is 0 Å². The molecule has 0 unspecified atom stereocenters. The maximum absolute atomic E-state index is 14.2. The number of benzene rings is 2. The van der Waals surface area contributed by atoms with Crippen LogP contribution in [0, 0.1) is 5.92 Å². The van der Waals surface area contributed by atoms with E-state index >= 15 is 0 Å². The van der Waals surface area contributed by atoms with Crippen LogP contribution in [0.15, 0.2) is 66.7 Å². The van der Waals surface area contributed by atoms with E-state index in [1.807, 2.05) is 30.3 Å². The fourth-order valence-corrected chi connectivity index (χ4v) is 4.13. The SMILES string of the molecule is C[C@@H](CC(=O)Cc1ccccc1)[C@H](O)/C=C/[C@H]1CC(F)(F)C(=O)N1CCc1ccc(C(=O)O)cc1. The van der Waals surface area contributed by atoms with Gasteiger partial charge in [-0.2, -0.15) is 8.78 Å². The lowest BCUT2D eigenvalue weighted by Gasteiger charge is -2.22. The molecular weight excluding hydrogens is 456 g/mol. The molecule has 0 spiro atoms. The molecule has 0 aromatic heterocycles. The number of Topliss-reactive ketones (excluding diaryl/α,β-unsaturated/α-hetero) is 1. The number of amides is 1. The molecule has 0 saturated carbocycles. The van der Waals surface area contributed by atoms with Crippen LogP contribution in [0.2, 0.25) is 0 Å². The van der Waals surface area contributed by atoms with Crippen LogP contribution in [-0.2, 0) is 22.4 Å². The Bertz CT molecular complexity index is 1070. The lowest BCUT2D eigenvalue weighted by atomic mass is 9.94. The zero-order valence-corrected chi connectivity index (χ0v) is 19.4. The summed E-state index contributed by atoms with van der Waals surface area (Å²) in [6.07, 6.45) is 1.75. The van der Waals surface area contributed by atoms with Gasteiger partial charge < -0.3 is 15.1 Å². The minimum Gasteiger partial charge on any atom is -0.478 e. The van der Waals surface area contributed by atoms with E-state index in [1.165, 1.54) is 24.3 Å². The first-order valence-corrected chi connectivity index (χ1v) is 11.5. The number of carbonyl (C=O) groups excluding carboxylic acids is 2. The first-order chi connectivity index (χ1) is 16.6. The third-order valence-electron chi connectivity index (χ3n) is 6.19. The lowest BCUT2D eigenvalue weighted by molar-refractivity contribution is -0.148. The molecule has 1 aliphatic rings. The number of hydrogen-bond donors (Lipinski definition) is 2. The topological polar surface area (TPSA) is 94.9 Å². The molecule has 35 heavy (non-hydrogen) atoms. The van der Waals surface area contributed by atoms with Crippen molar-refractivity contribution in [3.63, 3.8) is 0 Å². The molecule has 2 N–H and O–H groups in total. The van der Waals surface area contributed by atoms with Crippen LogP contribution in [0.4, 0.5) is 8.78 Å². The Morgan fingerprint density at radius 1 is 1.11 bits per heavy atom. The summed E-state index contributed by atoms with van der Waals surface area (Å²) in [5.74, 6) is -6.28. The van der Waals surface area contributed by atoms with E-state index in [4.69, 9.17) is 5.11 Å². The molecule has 186 valence electrons. The van der Waals surface area contributed by atoms with E-state index < -0.39 is 42.3 Å². The molecule has 1 fully saturated rings. The largest absolute Gasteiger partial charge is 0.478 e. The van der Waals surface area contributed by atoms with Crippen LogP contribution >= 0.6 is 0 Å². The molecule has 1 saturated heterocycles. The molecule has 8 heteroatoms. The van der Waals surface area contributed by atoms with E-state index in [9.17, 15) is 28.3 Å². The molecule has 0 aliphatic carbocycles. The Hall–Kier alpha value is -3.39. The summed E-state index contributed by atoms with van der Waals surface area (Å²) in [5, 5.41) is 19.5. The van der Waals surface area contributed by atoms with Gasteiger partial charge in [0.25, 0.3) is 5.91 Å². The predicted molar refractivity (Wildman–Crippen MR) is 126 cm³/mol. The van der Waals surface area contributed by atoms with E-state index in [0.717, 1.165) is 10.5 Å². The van der Waals surface area contributed by atoms with Gasteiger partial charge >= 0.3 is 11.9 Å². The zero-order chi connectivity index (χ0) is 25.6. The average Bonchev–Trinajstić information content (AvgIpc) is 3.04. The maximum Gasteiger partial charge on any atom is 0.335 e. The van der Waals surface area contributed by atoms with Crippen molar-refractivity contribution in [3.05, 3.63) is 83.4 Å². The minimum absolute atomic E-state index is 0.0249. The number of nitrogens with zero attached hydrogens (tertiary/aromatic N) is 1. The number of aromatic carboxylic acids is 1. The molecule has 3 atom stereocenters. The predicted octanol–water partition coefficient (Wildman–Crippen LogP) is 3.92. The van der Waals surface area contributed by atoms with Gasteiger partial charge in [-0.3, -0.25) is 9.59 Å². The number of aliphatic hydroxyl groups is 1. The second-order valence-corrected chi connectivity index (χ2v) is 8.98. The van der Waals surface area contributed by atoms with Crippen molar-refractivity contribution >= 4 is 17.7 Å². The van der Waals surface area contributed by atoms with E-state index in [0.29, 0.717) is 5.56 Å². The first kappa shape index (κ1) is 26.2. The van der Waals surface area contributed by atoms with E-state index in [1.54, 1.807) is 19.1 Å². The molecule has 2 aromatic carbocycles. The Morgan fingerprint density at radius 2 is 1.77 bits per heavy atom. The number of alkyl halides is 2. The molecule has 3 rings (SSSR count). The second kappa shape index (κ2) is 11.4. The van der Waals surface area contributed by atoms with Gasteiger partial charge in [0.05, 0.1) is 17.7 Å². The van der Waals surface area contributed by atoms with Gasteiger partial charge in [-0.25, -0.2) is 4.79 Å². The summed E-state index contributed by atoms with van der Waals surface area (Å²) in [4.78, 5) is 36.6. The fourth-order valence-electron chi connectivity index (χ4n) is 4.13. The first-order valence-electron chi connectivity index (χ1n) is 11.5. The molecule has 6 nitrogen and oxygen atoms in total. The Kier molecular flexibility index (Phi) is 8.51. The number of carboxylic acids is 1. The molecule has 1 aliphatic heterocycles. The Labute approximate surface area is 202 Å². The molecular formula is C27H29F2NO5.